The molecule has 22 heavy (non-hydrogen) atoms. The van der Waals surface area contributed by atoms with Crippen LogP contribution in [0.25, 0.3) is 5.65 Å². The quantitative estimate of drug-likeness (QED) is 0.853. The molecule has 6 heteroatoms. The van der Waals surface area contributed by atoms with Gasteiger partial charge in [0.05, 0.1) is 19.3 Å². The molecule has 4 rings (SSSR count). The molecule has 2 aromatic heterocycles. The second-order valence-corrected chi connectivity index (χ2v) is 6.23. The van der Waals surface area contributed by atoms with Crippen molar-refractivity contribution in [2.75, 3.05) is 19.7 Å². The minimum atomic E-state index is -0.0518. The summed E-state index contributed by atoms with van der Waals surface area (Å²) in [6.45, 7) is 3.28. The van der Waals surface area contributed by atoms with Crippen LogP contribution in [0.15, 0.2) is 29.2 Å². The topological polar surface area (TPSA) is 51.8 Å². The molecule has 0 unspecified atom stereocenters. The van der Waals surface area contributed by atoms with E-state index in [-0.39, 0.29) is 5.69 Å². The Labute approximate surface area is 129 Å². The van der Waals surface area contributed by atoms with E-state index in [9.17, 15) is 4.79 Å². The van der Waals surface area contributed by atoms with Crippen LogP contribution >= 0.6 is 0 Å². The summed E-state index contributed by atoms with van der Waals surface area (Å²) in [7, 11) is 0. The van der Waals surface area contributed by atoms with E-state index in [2.05, 4.69) is 10.00 Å². The van der Waals surface area contributed by atoms with E-state index in [1.165, 1.54) is 25.7 Å². The molecule has 1 aliphatic carbocycles. The Morgan fingerprint density at radius 1 is 1.23 bits per heavy atom. The fourth-order valence-corrected chi connectivity index (χ4v) is 3.79. The van der Waals surface area contributed by atoms with Crippen LogP contribution < -0.4 is 5.69 Å². The van der Waals surface area contributed by atoms with Gasteiger partial charge in [-0.15, -0.1) is 5.10 Å². The number of hydrogen-bond donors (Lipinski definition) is 0. The molecule has 0 amide bonds. The van der Waals surface area contributed by atoms with Gasteiger partial charge in [-0.05, 0) is 25.0 Å². The smallest absolute Gasteiger partial charge is 0.350 e. The zero-order chi connectivity index (χ0) is 14.9. The van der Waals surface area contributed by atoms with Crippen LogP contribution in [0.4, 0.5) is 0 Å². The lowest BCUT2D eigenvalue weighted by Crippen LogP contribution is -2.53. The van der Waals surface area contributed by atoms with Crippen molar-refractivity contribution in [3.63, 3.8) is 0 Å². The van der Waals surface area contributed by atoms with Gasteiger partial charge >= 0.3 is 5.69 Å². The van der Waals surface area contributed by atoms with Gasteiger partial charge in [0.1, 0.15) is 0 Å². The van der Waals surface area contributed by atoms with Gasteiger partial charge in [0.15, 0.2) is 5.65 Å². The third kappa shape index (κ3) is 2.46. The minimum absolute atomic E-state index is 0.0518. The van der Waals surface area contributed by atoms with Crippen LogP contribution in [0.1, 0.15) is 25.7 Å². The molecule has 2 aromatic rings. The number of pyridine rings is 1. The van der Waals surface area contributed by atoms with E-state index >= 15 is 0 Å². The predicted molar refractivity (Wildman–Crippen MR) is 83.0 cm³/mol. The van der Waals surface area contributed by atoms with Crippen LogP contribution in [0.3, 0.4) is 0 Å². The first-order valence-electron chi connectivity index (χ1n) is 8.23. The molecule has 2 fully saturated rings. The number of rotatable bonds is 3. The lowest BCUT2D eigenvalue weighted by Gasteiger charge is -2.43. The standard InChI is InChI=1S/C16H22N4O2/c21-16-19-8-4-3-7-15(19)17-20(16)10-9-18-11-12-22-14-6-2-1-5-13(14)18/h3-4,7-8,13-14H,1-2,5-6,9-12H2/t13-,14+/m1/s1. The summed E-state index contributed by atoms with van der Waals surface area (Å²) in [5.74, 6) is 0. The normalized spacial score (nSPS) is 26.2. The van der Waals surface area contributed by atoms with E-state index in [4.69, 9.17) is 4.74 Å². The maximum Gasteiger partial charge on any atom is 0.350 e. The first-order chi connectivity index (χ1) is 10.8. The van der Waals surface area contributed by atoms with Gasteiger partial charge in [-0.25, -0.2) is 9.48 Å². The molecule has 118 valence electrons. The van der Waals surface area contributed by atoms with Gasteiger partial charge in [-0.2, -0.15) is 0 Å². The zero-order valence-electron chi connectivity index (χ0n) is 12.7. The molecule has 0 radical (unpaired) electrons. The Morgan fingerprint density at radius 3 is 3.05 bits per heavy atom. The van der Waals surface area contributed by atoms with Crippen LogP contribution in [-0.4, -0.2) is 50.9 Å². The van der Waals surface area contributed by atoms with E-state index in [0.29, 0.717) is 24.3 Å². The van der Waals surface area contributed by atoms with Gasteiger partial charge in [-0.1, -0.05) is 18.9 Å². The van der Waals surface area contributed by atoms with Gasteiger partial charge < -0.3 is 4.74 Å². The van der Waals surface area contributed by atoms with Crippen LogP contribution in [0.5, 0.6) is 0 Å². The second kappa shape index (κ2) is 5.85. The molecule has 6 nitrogen and oxygen atoms in total. The average molecular weight is 302 g/mol. The molecule has 3 heterocycles. The summed E-state index contributed by atoms with van der Waals surface area (Å²) in [4.78, 5) is 14.8. The van der Waals surface area contributed by atoms with E-state index < -0.39 is 0 Å². The van der Waals surface area contributed by atoms with Crippen molar-refractivity contribution in [1.82, 2.24) is 19.1 Å². The van der Waals surface area contributed by atoms with Crippen LogP contribution in [0.2, 0.25) is 0 Å². The molecule has 0 N–H and O–H groups in total. The number of nitrogens with zero attached hydrogens (tertiary/aromatic N) is 4. The Kier molecular flexibility index (Phi) is 3.72. The fraction of sp³-hybridized carbons (Fsp3) is 0.625. The van der Waals surface area contributed by atoms with E-state index in [1.807, 2.05) is 18.2 Å². The van der Waals surface area contributed by atoms with Crippen LogP contribution in [0, 0.1) is 0 Å². The summed E-state index contributed by atoms with van der Waals surface area (Å²) in [6, 6.07) is 6.15. The van der Waals surface area contributed by atoms with Crippen molar-refractivity contribution in [1.29, 1.82) is 0 Å². The van der Waals surface area contributed by atoms with Crippen molar-refractivity contribution in [2.45, 2.75) is 44.4 Å². The van der Waals surface area contributed by atoms with E-state index in [0.717, 1.165) is 19.7 Å². The molecule has 1 saturated carbocycles. The Balaban J connectivity index is 1.49. The summed E-state index contributed by atoms with van der Waals surface area (Å²) >= 11 is 0. The van der Waals surface area contributed by atoms with Crippen molar-refractivity contribution in [2.24, 2.45) is 0 Å². The highest BCUT2D eigenvalue weighted by Gasteiger charge is 2.33. The molecule has 0 aromatic carbocycles. The highest BCUT2D eigenvalue weighted by molar-refractivity contribution is 5.35. The Bertz CT molecular complexity index is 705. The predicted octanol–water partition coefficient (Wildman–Crippen LogP) is 1.14. The van der Waals surface area contributed by atoms with Gasteiger partial charge in [-0.3, -0.25) is 9.30 Å². The molecule has 2 aliphatic rings. The number of morpholine rings is 1. The van der Waals surface area contributed by atoms with Crippen molar-refractivity contribution < 1.29 is 4.74 Å². The van der Waals surface area contributed by atoms with Gasteiger partial charge in [0.2, 0.25) is 0 Å². The molecular formula is C16H22N4O2. The first-order valence-corrected chi connectivity index (χ1v) is 8.23. The van der Waals surface area contributed by atoms with Crippen LogP contribution in [-0.2, 0) is 11.3 Å². The number of ether oxygens (including phenoxy) is 1. The fourth-order valence-electron chi connectivity index (χ4n) is 3.79. The third-order valence-corrected chi connectivity index (χ3v) is 4.93. The number of aromatic nitrogens is 3. The third-order valence-electron chi connectivity index (χ3n) is 4.93. The summed E-state index contributed by atoms with van der Waals surface area (Å²) in [6.07, 6.45) is 7.11. The Morgan fingerprint density at radius 2 is 2.14 bits per heavy atom. The largest absolute Gasteiger partial charge is 0.375 e. The maximum atomic E-state index is 12.3. The highest BCUT2D eigenvalue weighted by atomic mass is 16.5. The first kappa shape index (κ1) is 14.0. The monoisotopic (exact) mass is 302 g/mol. The average Bonchev–Trinajstić information content (AvgIpc) is 2.89. The second-order valence-electron chi connectivity index (χ2n) is 6.23. The number of fused-ring (bicyclic) bond motifs is 2. The lowest BCUT2D eigenvalue weighted by atomic mass is 9.90. The summed E-state index contributed by atoms with van der Waals surface area (Å²) in [5.41, 5.74) is 0.661. The lowest BCUT2D eigenvalue weighted by molar-refractivity contribution is -0.0889. The van der Waals surface area contributed by atoms with E-state index in [1.54, 1.807) is 15.3 Å². The molecule has 1 aliphatic heterocycles. The molecule has 1 saturated heterocycles. The summed E-state index contributed by atoms with van der Waals surface area (Å²) < 4.78 is 9.09. The van der Waals surface area contributed by atoms with Crippen molar-refractivity contribution >= 4 is 5.65 Å². The Hall–Kier alpha value is -1.66. The molecular weight excluding hydrogens is 280 g/mol. The van der Waals surface area contributed by atoms with Gasteiger partial charge in [0.25, 0.3) is 0 Å². The SMILES string of the molecule is O=c1n(CCN2CCO[C@H]3CCCC[C@H]32)nc2ccccn12. The molecule has 0 bridgehead atoms. The highest BCUT2D eigenvalue weighted by Crippen LogP contribution is 2.28. The number of hydrogen-bond acceptors (Lipinski definition) is 4. The zero-order valence-corrected chi connectivity index (χ0v) is 12.7. The molecule has 2 atom stereocenters. The minimum Gasteiger partial charge on any atom is -0.375 e. The van der Waals surface area contributed by atoms with Crippen molar-refractivity contribution in [3.8, 4) is 0 Å². The van der Waals surface area contributed by atoms with Gasteiger partial charge in [0, 0.05) is 25.3 Å². The maximum absolute atomic E-state index is 12.3. The summed E-state index contributed by atoms with van der Waals surface area (Å²) in [5, 5.41) is 4.41. The van der Waals surface area contributed by atoms with Crippen molar-refractivity contribution in [3.05, 3.63) is 34.9 Å². The molecule has 0 spiro atoms.